The third-order valence-corrected chi connectivity index (χ3v) is 5.64. The number of benzene rings is 2. The van der Waals surface area contributed by atoms with Gasteiger partial charge in [-0.3, -0.25) is 0 Å². The summed E-state index contributed by atoms with van der Waals surface area (Å²) in [7, 11) is -3.83. The molecule has 0 amide bonds. The number of anilines is 1. The van der Waals surface area contributed by atoms with Crippen molar-refractivity contribution in [2.75, 3.05) is 5.32 Å². The summed E-state index contributed by atoms with van der Waals surface area (Å²) in [6, 6.07) is 13.2. The van der Waals surface area contributed by atoms with E-state index in [1.807, 2.05) is 30.3 Å². The lowest BCUT2D eigenvalue weighted by molar-refractivity contribution is 0.0697. The van der Waals surface area contributed by atoms with E-state index in [2.05, 4.69) is 10.0 Å². The first kappa shape index (κ1) is 17.4. The van der Waals surface area contributed by atoms with E-state index in [1.54, 1.807) is 6.92 Å². The second-order valence-corrected chi connectivity index (χ2v) is 7.90. The molecule has 2 aromatic carbocycles. The van der Waals surface area contributed by atoms with Crippen LogP contribution in [0.15, 0.2) is 53.4 Å². The summed E-state index contributed by atoms with van der Waals surface area (Å²) in [5.74, 6) is -1.16. The zero-order valence-electron chi connectivity index (χ0n) is 13.8. The highest BCUT2D eigenvalue weighted by molar-refractivity contribution is 7.89. The zero-order chi connectivity index (χ0) is 18.0. The monoisotopic (exact) mass is 360 g/mol. The Morgan fingerprint density at radius 1 is 1.16 bits per heavy atom. The van der Waals surface area contributed by atoms with E-state index in [0.29, 0.717) is 5.69 Å². The molecule has 6 nitrogen and oxygen atoms in total. The molecule has 1 fully saturated rings. The lowest BCUT2D eigenvalue weighted by Crippen LogP contribution is -2.27. The second-order valence-electron chi connectivity index (χ2n) is 6.18. The van der Waals surface area contributed by atoms with Crippen LogP contribution in [0.25, 0.3) is 0 Å². The van der Waals surface area contributed by atoms with Crippen molar-refractivity contribution >= 4 is 21.7 Å². The van der Waals surface area contributed by atoms with Crippen LogP contribution in [0.2, 0.25) is 0 Å². The second kappa shape index (κ2) is 6.85. The van der Waals surface area contributed by atoms with Gasteiger partial charge in [0.05, 0.1) is 10.5 Å². The smallest absolute Gasteiger partial charge is 0.337 e. The fourth-order valence-electron chi connectivity index (χ4n) is 2.55. The van der Waals surface area contributed by atoms with Crippen molar-refractivity contribution in [3.63, 3.8) is 0 Å². The van der Waals surface area contributed by atoms with Gasteiger partial charge in [-0.15, -0.1) is 0 Å². The van der Waals surface area contributed by atoms with Gasteiger partial charge in [-0.05, 0) is 43.5 Å². The molecular formula is C18H20N2O4S. The van der Waals surface area contributed by atoms with Gasteiger partial charge in [-0.2, -0.15) is 0 Å². The van der Waals surface area contributed by atoms with Crippen molar-refractivity contribution in [2.24, 2.45) is 0 Å². The van der Waals surface area contributed by atoms with Gasteiger partial charge >= 0.3 is 5.97 Å². The molecule has 2 aromatic rings. The topological polar surface area (TPSA) is 95.5 Å². The number of aromatic carboxylic acids is 1. The van der Waals surface area contributed by atoms with Crippen molar-refractivity contribution < 1.29 is 18.3 Å². The van der Waals surface area contributed by atoms with Gasteiger partial charge in [-0.25, -0.2) is 17.9 Å². The molecule has 25 heavy (non-hydrogen) atoms. The van der Waals surface area contributed by atoms with Crippen molar-refractivity contribution in [1.82, 2.24) is 4.72 Å². The maximum Gasteiger partial charge on any atom is 0.337 e. The average Bonchev–Trinajstić information content (AvgIpc) is 3.39. The number of sulfonamides is 1. The lowest BCUT2D eigenvalue weighted by Gasteiger charge is -2.16. The summed E-state index contributed by atoms with van der Waals surface area (Å²) in [4.78, 5) is 11.4. The molecule has 0 radical (unpaired) electrons. The molecule has 0 saturated heterocycles. The Bertz CT molecular complexity index is 877. The molecule has 0 bridgehead atoms. The largest absolute Gasteiger partial charge is 0.478 e. The van der Waals surface area contributed by atoms with Gasteiger partial charge in [0.15, 0.2) is 0 Å². The first-order valence-corrected chi connectivity index (χ1v) is 9.56. The van der Waals surface area contributed by atoms with Crippen molar-refractivity contribution in [1.29, 1.82) is 0 Å². The first-order valence-electron chi connectivity index (χ1n) is 8.08. The van der Waals surface area contributed by atoms with Crippen molar-refractivity contribution in [3.05, 3.63) is 59.7 Å². The van der Waals surface area contributed by atoms with Crippen LogP contribution in [-0.4, -0.2) is 25.5 Å². The summed E-state index contributed by atoms with van der Waals surface area (Å²) >= 11 is 0. The molecule has 1 aliphatic carbocycles. The Morgan fingerprint density at radius 3 is 2.44 bits per heavy atom. The Morgan fingerprint density at radius 2 is 1.84 bits per heavy atom. The van der Waals surface area contributed by atoms with Crippen LogP contribution in [0.5, 0.6) is 0 Å². The summed E-state index contributed by atoms with van der Waals surface area (Å²) in [5.41, 5.74) is 1.24. The van der Waals surface area contributed by atoms with E-state index in [1.165, 1.54) is 18.2 Å². The quantitative estimate of drug-likeness (QED) is 0.705. The standard InChI is InChI=1S/C18H20N2O4S/c1-12(13-5-3-2-4-6-13)20-25(23,24)15-9-10-17(19-14-7-8-14)16(11-15)18(21)22/h2-6,9-12,14,19-20H,7-8H2,1H3,(H,21,22). The summed E-state index contributed by atoms with van der Waals surface area (Å²) < 4.78 is 27.8. The van der Waals surface area contributed by atoms with Gasteiger partial charge < -0.3 is 10.4 Å². The molecule has 132 valence electrons. The highest BCUT2D eigenvalue weighted by atomic mass is 32.2. The molecule has 7 heteroatoms. The van der Waals surface area contributed by atoms with Crippen LogP contribution in [0.3, 0.4) is 0 Å². The Labute approximate surface area is 146 Å². The van der Waals surface area contributed by atoms with Crippen LogP contribution in [0.4, 0.5) is 5.69 Å². The summed E-state index contributed by atoms with van der Waals surface area (Å²) in [5, 5.41) is 12.5. The predicted octanol–water partition coefficient (Wildman–Crippen LogP) is 3.00. The Hall–Kier alpha value is -2.38. The maximum atomic E-state index is 12.6. The van der Waals surface area contributed by atoms with E-state index in [9.17, 15) is 18.3 Å². The zero-order valence-corrected chi connectivity index (χ0v) is 14.6. The molecule has 1 aliphatic rings. The summed E-state index contributed by atoms with van der Waals surface area (Å²) in [6.07, 6.45) is 1.99. The van der Waals surface area contributed by atoms with E-state index in [0.717, 1.165) is 18.4 Å². The molecular weight excluding hydrogens is 340 g/mol. The molecule has 1 unspecified atom stereocenters. The molecule has 1 atom stereocenters. The molecule has 0 aliphatic heterocycles. The van der Waals surface area contributed by atoms with Gasteiger partial charge in [-0.1, -0.05) is 30.3 Å². The van der Waals surface area contributed by atoms with Gasteiger partial charge in [0.25, 0.3) is 0 Å². The predicted molar refractivity (Wildman–Crippen MR) is 95.2 cm³/mol. The SMILES string of the molecule is CC(NS(=O)(=O)c1ccc(NC2CC2)c(C(=O)O)c1)c1ccccc1. The third kappa shape index (κ3) is 4.18. The van der Waals surface area contributed by atoms with Crippen LogP contribution < -0.4 is 10.0 Å². The van der Waals surface area contributed by atoms with Crippen LogP contribution in [0.1, 0.15) is 41.7 Å². The number of rotatable bonds is 7. The number of hydrogen-bond donors (Lipinski definition) is 3. The fraction of sp³-hybridized carbons (Fsp3) is 0.278. The van der Waals surface area contributed by atoms with Crippen molar-refractivity contribution in [3.8, 4) is 0 Å². The number of carboxylic acids is 1. The molecule has 3 rings (SSSR count). The van der Waals surface area contributed by atoms with Gasteiger partial charge in [0.1, 0.15) is 0 Å². The minimum absolute atomic E-state index is 0.0397. The van der Waals surface area contributed by atoms with E-state index in [-0.39, 0.29) is 16.5 Å². The Kier molecular flexibility index (Phi) is 4.78. The normalized spacial score (nSPS) is 15.6. The number of carboxylic acid groups (broad SMARTS) is 1. The average molecular weight is 360 g/mol. The maximum absolute atomic E-state index is 12.6. The van der Waals surface area contributed by atoms with Gasteiger partial charge in [0.2, 0.25) is 10.0 Å². The van der Waals surface area contributed by atoms with E-state index in [4.69, 9.17) is 0 Å². The third-order valence-electron chi connectivity index (χ3n) is 4.10. The molecule has 3 N–H and O–H groups in total. The number of nitrogens with one attached hydrogen (secondary N) is 2. The highest BCUT2D eigenvalue weighted by Gasteiger charge is 2.25. The first-order chi connectivity index (χ1) is 11.9. The van der Waals surface area contributed by atoms with Crippen LogP contribution in [-0.2, 0) is 10.0 Å². The fourth-order valence-corrected chi connectivity index (χ4v) is 3.81. The summed E-state index contributed by atoms with van der Waals surface area (Å²) in [6.45, 7) is 1.74. The van der Waals surface area contributed by atoms with Crippen LogP contribution >= 0.6 is 0 Å². The number of carbonyl (C=O) groups is 1. The Balaban J connectivity index is 1.86. The molecule has 0 heterocycles. The van der Waals surface area contributed by atoms with E-state index < -0.39 is 22.0 Å². The number of hydrogen-bond acceptors (Lipinski definition) is 4. The minimum atomic E-state index is -3.83. The minimum Gasteiger partial charge on any atom is -0.478 e. The van der Waals surface area contributed by atoms with Crippen LogP contribution in [0, 0.1) is 0 Å². The van der Waals surface area contributed by atoms with Crippen molar-refractivity contribution in [2.45, 2.75) is 36.7 Å². The van der Waals surface area contributed by atoms with Gasteiger partial charge in [0, 0.05) is 17.8 Å². The lowest BCUT2D eigenvalue weighted by atomic mass is 10.1. The molecule has 1 saturated carbocycles. The molecule has 0 aromatic heterocycles. The molecule has 0 spiro atoms. The highest BCUT2D eigenvalue weighted by Crippen LogP contribution is 2.28. The van der Waals surface area contributed by atoms with E-state index >= 15 is 0 Å².